The van der Waals surface area contributed by atoms with Gasteiger partial charge < -0.3 is 23.8 Å². The van der Waals surface area contributed by atoms with Crippen LogP contribution in [0.4, 0.5) is 4.79 Å². The van der Waals surface area contributed by atoms with E-state index in [-0.39, 0.29) is 24.6 Å². The molecule has 0 aliphatic carbocycles. The van der Waals surface area contributed by atoms with Crippen LogP contribution in [0, 0.1) is 5.92 Å². The van der Waals surface area contributed by atoms with Gasteiger partial charge in [-0.3, -0.25) is 14.5 Å². The molecular formula is C61H118N2O7. The molecule has 2 unspecified atom stereocenters. The summed E-state index contributed by atoms with van der Waals surface area (Å²) < 4.78 is 23.1. The molecule has 9 heteroatoms. The molecule has 9 nitrogen and oxygen atoms in total. The Balaban J connectivity index is 4.56. The maximum absolute atomic E-state index is 13.0. The fraction of sp³-hybridized carbons (Fsp3) is 0.918. The van der Waals surface area contributed by atoms with E-state index in [0.717, 1.165) is 110 Å². The third-order valence-corrected chi connectivity index (χ3v) is 14.3. The first kappa shape index (κ1) is 67.9. The Hall–Kier alpha value is -2.13. The summed E-state index contributed by atoms with van der Waals surface area (Å²) in [6, 6.07) is 0. The number of ether oxygens (including phenoxy) is 4. The van der Waals surface area contributed by atoms with E-state index in [1.165, 1.54) is 154 Å². The molecule has 70 heavy (non-hydrogen) atoms. The van der Waals surface area contributed by atoms with Crippen molar-refractivity contribution in [2.75, 3.05) is 59.1 Å². The molecule has 0 N–H and O–H groups in total. The molecule has 0 amide bonds. The summed E-state index contributed by atoms with van der Waals surface area (Å²) in [5, 5.41) is 0. The average molecular weight is 992 g/mol. The summed E-state index contributed by atoms with van der Waals surface area (Å²) in [6.07, 6.45) is 49.0. The molecule has 0 aliphatic rings. The number of esters is 2. The number of carbonyl (C=O) groups is 3. The summed E-state index contributed by atoms with van der Waals surface area (Å²) in [5.74, 6) is 0.371. The second-order valence-corrected chi connectivity index (χ2v) is 20.7. The van der Waals surface area contributed by atoms with Crippen LogP contribution in [0.25, 0.3) is 0 Å². The van der Waals surface area contributed by atoms with Crippen LogP contribution in [-0.2, 0) is 28.5 Å². The monoisotopic (exact) mass is 991 g/mol. The maximum atomic E-state index is 13.0. The van der Waals surface area contributed by atoms with Gasteiger partial charge in [-0.25, -0.2) is 4.79 Å². The number of carbonyl (C=O) groups excluding carboxylic acids is 3. The molecule has 0 aromatic rings. The number of likely N-dealkylation sites (N-methyl/N-ethyl adjacent to an activating group) is 1. The first-order valence-corrected chi connectivity index (χ1v) is 30.6. The first-order valence-electron chi connectivity index (χ1n) is 30.6. The second kappa shape index (κ2) is 54.6. The predicted molar refractivity (Wildman–Crippen MR) is 298 cm³/mol. The molecule has 0 radical (unpaired) electrons. The van der Waals surface area contributed by atoms with Gasteiger partial charge in [-0.15, -0.1) is 0 Å². The van der Waals surface area contributed by atoms with E-state index in [4.69, 9.17) is 18.9 Å². The summed E-state index contributed by atoms with van der Waals surface area (Å²) in [4.78, 5) is 42.8. The molecule has 0 spiro atoms. The Bertz CT molecular complexity index is 1150. The number of hydrogen-bond acceptors (Lipinski definition) is 9. The van der Waals surface area contributed by atoms with Crippen molar-refractivity contribution >= 4 is 18.1 Å². The van der Waals surface area contributed by atoms with E-state index in [9.17, 15) is 14.4 Å². The molecule has 0 aliphatic heterocycles. The fourth-order valence-electron chi connectivity index (χ4n) is 9.36. The van der Waals surface area contributed by atoms with Crippen molar-refractivity contribution in [3.05, 3.63) is 12.2 Å². The van der Waals surface area contributed by atoms with Gasteiger partial charge in [0.25, 0.3) is 0 Å². The minimum atomic E-state index is -0.576. The van der Waals surface area contributed by atoms with Crippen LogP contribution >= 0.6 is 0 Å². The summed E-state index contributed by atoms with van der Waals surface area (Å²) in [6.45, 7) is 19.4. The van der Waals surface area contributed by atoms with E-state index >= 15 is 0 Å². The van der Waals surface area contributed by atoms with Crippen molar-refractivity contribution in [2.45, 2.75) is 298 Å². The van der Waals surface area contributed by atoms with E-state index < -0.39 is 6.16 Å². The maximum Gasteiger partial charge on any atom is 0.508 e. The van der Waals surface area contributed by atoms with Crippen LogP contribution in [0.1, 0.15) is 292 Å². The predicted octanol–water partition coefficient (Wildman–Crippen LogP) is 17.7. The van der Waals surface area contributed by atoms with Crippen molar-refractivity contribution < 1.29 is 33.3 Å². The minimum absolute atomic E-state index is 0.0242. The quantitative estimate of drug-likeness (QED) is 0.0256. The summed E-state index contributed by atoms with van der Waals surface area (Å²) in [7, 11) is 0. The van der Waals surface area contributed by atoms with E-state index in [1.54, 1.807) is 0 Å². The number of unbranched alkanes of at least 4 members (excludes halogenated alkanes) is 27. The van der Waals surface area contributed by atoms with Crippen LogP contribution in [-0.4, -0.2) is 93.1 Å². The lowest BCUT2D eigenvalue weighted by Gasteiger charge is -2.26. The zero-order valence-corrected chi connectivity index (χ0v) is 47.5. The van der Waals surface area contributed by atoms with Gasteiger partial charge >= 0.3 is 18.1 Å². The Labute approximate surface area is 434 Å². The number of nitrogens with zero attached hydrogens (tertiary/aromatic N) is 2. The molecule has 0 heterocycles. The van der Waals surface area contributed by atoms with E-state index in [2.05, 4.69) is 63.5 Å². The van der Waals surface area contributed by atoms with Gasteiger partial charge in [-0.2, -0.15) is 0 Å². The van der Waals surface area contributed by atoms with Crippen LogP contribution in [0.15, 0.2) is 12.2 Å². The topological polar surface area (TPSA) is 94.6 Å². The smallest absolute Gasteiger partial charge is 0.465 e. The second-order valence-electron chi connectivity index (χ2n) is 20.7. The number of rotatable bonds is 55. The third kappa shape index (κ3) is 48.2. The van der Waals surface area contributed by atoms with Gasteiger partial charge in [0.1, 0.15) is 19.3 Å². The highest BCUT2D eigenvalue weighted by Crippen LogP contribution is 2.21. The third-order valence-electron chi connectivity index (χ3n) is 14.3. The standard InChI is InChI=1S/C61H118N2O7/c1-7-13-17-21-23-24-25-26-27-28-29-30-31-36-42-48-59(64)67-54-52-63(51-50-62(11-5)12-6)53-55-68-61(66)70-58(46-40-20-16-10-4)47-41-35-32-33-37-43-49-60(65)69-56-57(44-38-19-15-9-3)45-39-34-22-18-14-8-2/h26-27,57-58H,7-25,28-56H2,1-6H3/b27-26-. The van der Waals surface area contributed by atoms with E-state index in [1.807, 2.05) is 0 Å². The molecule has 0 fully saturated rings. The molecular weight excluding hydrogens is 873 g/mol. The largest absolute Gasteiger partial charge is 0.508 e. The highest BCUT2D eigenvalue weighted by Gasteiger charge is 2.17. The molecule has 2 atom stereocenters. The van der Waals surface area contributed by atoms with Crippen molar-refractivity contribution in [2.24, 2.45) is 5.92 Å². The van der Waals surface area contributed by atoms with Crippen LogP contribution < -0.4 is 0 Å². The average Bonchev–Trinajstić information content (AvgIpc) is 3.36. The Kier molecular flexibility index (Phi) is 53.0. The number of allylic oxidation sites excluding steroid dienone is 2. The highest BCUT2D eigenvalue weighted by molar-refractivity contribution is 5.69. The van der Waals surface area contributed by atoms with Crippen molar-refractivity contribution in [3.63, 3.8) is 0 Å². The van der Waals surface area contributed by atoms with Crippen LogP contribution in [0.3, 0.4) is 0 Å². The molecule has 0 aromatic carbocycles. The van der Waals surface area contributed by atoms with Crippen molar-refractivity contribution in [1.82, 2.24) is 9.80 Å². The summed E-state index contributed by atoms with van der Waals surface area (Å²) in [5.41, 5.74) is 0. The molecule has 0 saturated heterocycles. The van der Waals surface area contributed by atoms with Gasteiger partial charge in [0.2, 0.25) is 0 Å². The lowest BCUT2D eigenvalue weighted by atomic mass is 9.95. The number of hydrogen-bond donors (Lipinski definition) is 0. The molecule has 0 rings (SSSR count). The lowest BCUT2D eigenvalue weighted by molar-refractivity contribution is -0.145. The van der Waals surface area contributed by atoms with Gasteiger partial charge in [0.05, 0.1) is 6.61 Å². The van der Waals surface area contributed by atoms with Crippen molar-refractivity contribution in [1.29, 1.82) is 0 Å². The molecule has 414 valence electrons. The van der Waals surface area contributed by atoms with Crippen LogP contribution in [0.5, 0.6) is 0 Å². The van der Waals surface area contributed by atoms with Gasteiger partial charge in [-0.05, 0) is 96.1 Å². The Morgan fingerprint density at radius 1 is 0.386 bits per heavy atom. The van der Waals surface area contributed by atoms with Gasteiger partial charge in [-0.1, -0.05) is 214 Å². The highest BCUT2D eigenvalue weighted by atomic mass is 16.7. The van der Waals surface area contributed by atoms with Crippen LogP contribution in [0.2, 0.25) is 0 Å². The first-order chi connectivity index (χ1) is 34.3. The Morgan fingerprint density at radius 2 is 0.757 bits per heavy atom. The van der Waals surface area contributed by atoms with E-state index in [0.29, 0.717) is 45.1 Å². The zero-order chi connectivity index (χ0) is 51.2. The zero-order valence-electron chi connectivity index (χ0n) is 47.5. The molecule has 0 saturated carbocycles. The van der Waals surface area contributed by atoms with Gasteiger partial charge in [0.15, 0.2) is 0 Å². The lowest BCUT2D eigenvalue weighted by Crippen LogP contribution is -2.39. The minimum Gasteiger partial charge on any atom is -0.465 e. The van der Waals surface area contributed by atoms with Crippen molar-refractivity contribution in [3.8, 4) is 0 Å². The molecule has 0 aromatic heterocycles. The Morgan fingerprint density at radius 3 is 1.23 bits per heavy atom. The fourth-order valence-corrected chi connectivity index (χ4v) is 9.36. The SMILES string of the molecule is CCCCCCCC/C=C\CCCCCCCC(=O)OCCN(CCOC(=O)OC(CCCCCC)CCCCCCCCC(=O)OCC(CCCCCC)CCCCCCCC)CCN(CC)CC. The molecule has 0 bridgehead atoms. The summed E-state index contributed by atoms with van der Waals surface area (Å²) >= 11 is 0. The normalized spacial score (nSPS) is 12.6. The van der Waals surface area contributed by atoms with Gasteiger partial charge in [0, 0.05) is 39.0 Å².